The Bertz CT molecular complexity index is 652. The number of hydrogen-bond acceptors (Lipinski definition) is 5. The van der Waals surface area contributed by atoms with E-state index < -0.39 is 17.9 Å². The summed E-state index contributed by atoms with van der Waals surface area (Å²) in [6.07, 6.45) is -0.0391. The van der Waals surface area contributed by atoms with Crippen LogP contribution in [0.1, 0.15) is 37.6 Å². The standard InChI is InChI=1S/C19H28N2O6/c1-11(2)17(19(25)20-10-12(3)6-16(22)23)21-18(24)13-7-14(26-4)9-15(8-13)27-5/h7-9,11-12,17H,6,10H2,1-5H3,(H,20,25)(H,21,24)(H,22,23). The van der Waals surface area contributed by atoms with E-state index in [1.54, 1.807) is 25.1 Å². The summed E-state index contributed by atoms with van der Waals surface area (Å²) in [7, 11) is 2.97. The zero-order valence-electron chi connectivity index (χ0n) is 16.4. The van der Waals surface area contributed by atoms with Crippen LogP contribution in [-0.4, -0.2) is 49.7 Å². The highest BCUT2D eigenvalue weighted by molar-refractivity contribution is 5.98. The Morgan fingerprint density at radius 2 is 1.59 bits per heavy atom. The predicted octanol–water partition coefficient (Wildman–Crippen LogP) is 1.69. The van der Waals surface area contributed by atoms with E-state index in [0.29, 0.717) is 17.1 Å². The zero-order valence-corrected chi connectivity index (χ0v) is 16.4. The molecule has 2 unspecified atom stereocenters. The van der Waals surface area contributed by atoms with E-state index in [1.165, 1.54) is 14.2 Å². The molecule has 1 rings (SSSR count). The van der Waals surface area contributed by atoms with Gasteiger partial charge in [0.05, 0.1) is 14.2 Å². The summed E-state index contributed by atoms with van der Waals surface area (Å²) < 4.78 is 10.3. The molecule has 0 fully saturated rings. The van der Waals surface area contributed by atoms with Gasteiger partial charge in [0.15, 0.2) is 0 Å². The average Bonchev–Trinajstić information content (AvgIpc) is 2.62. The van der Waals surface area contributed by atoms with Crippen LogP contribution in [0.5, 0.6) is 11.5 Å². The minimum atomic E-state index is -0.919. The molecule has 0 aromatic heterocycles. The van der Waals surface area contributed by atoms with Gasteiger partial charge in [-0.2, -0.15) is 0 Å². The molecule has 0 aliphatic rings. The van der Waals surface area contributed by atoms with Gasteiger partial charge in [-0.25, -0.2) is 0 Å². The summed E-state index contributed by atoms with van der Waals surface area (Å²) in [6, 6.07) is 4.00. The maximum Gasteiger partial charge on any atom is 0.303 e. The Morgan fingerprint density at radius 3 is 2.04 bits per heavy atom. The third kappa shape index (κ3) is 7.16. The number of carbonyl (C=O) groups is 3. The van der Waals surface area contributed by atoms with Crippen LogP contribution in [0.3, 0.4) is 0 Å². The molecule has 0 aliphatic heterocycles. The number of hydrogen-bond donors (Lipinski definition) is 3. The highest BCUT2D eigenvalue weighted by atomic mass is 16.5. The van der Waals surface area contributed by atoms with E-state index in [1.807, 2.05) is 13.8 Å². The number of rotatable bonds is 10. The number of aliphatic carboxylic acids is 1. The molecule has 0 heterocycles. The van der Waals surface area contributed by atoms with Crippen LogP contribution in [0.2, 0.25) is 0 Å². The monoisotopic (exact) mass is 380 g/mol. The molecule has 2 amide bonds. The molecular weight excluding hydrogens is 352 g/mol. The van der Waals surface area contributed by atoms with Crippen molar-refractivity contribution in [2.24, 2.45) is 11.8 Å². The van der Waals surface area contributed by atoms with E-state index in [2.05, 4.69) is 10.6 Å². The van der Waals surface area contributed by atoms with Crippen LogP contribution in [0.25, 0.3) is 0 Å². The number of carbonyl (C=O) groups excluding carboxylic acids is 2. The SMILES string of the molecule is COc1cc(OC)cc(C(=O)NC(C(=O)NCC(C)CC(=O)O)C(C)C)c1. The summed E-state index contributed by atoms with van der Waals surface area (Å²) in [5, 5.41) is 14.2. The Balaban J connectivity index is 2.83. The Labute approximate surface area is 159 Å². The lowest BCUT2D eigenvalue weighted by Gasteiger charge is -2.23. The van der Waals surface area contributed by atoms with Crippen molar-refractivity contribution in [2.75, 3.05) is 20.8 Å². The second-order valence-corrected chi connectivity index (χ2v) is 6.74. The first-order valence-electron chi connectivity index (χ1n) is 8.71. The quantitative estimate of drug-likeness (QED) is 0.569. The molecule has 0 radical (unpaired) electrons. The van der Waals surface area contributed by atoms with E-state index in [-0.39, 0.29) is 30.7 Å². The third-order valence-corrected chi connectivity index (χ3v) is 4.00. The van der Waals surface area contributed by atoms with E-state index in [0.717, 1.165) is 0 Å². The highest BCUT2D eigenvalue weighted by Crippen LogP contribution is 2.22. The maximum atomic E-state index is 12.6. The van der Waals surface area contributed by atoms with Crippen molar-refractivity contribution in [3.8, 4) is 11.5 Å². The van der Waals surface area contributed by atoms with Gasteiger partial charge in [-0.3, -0.25) is 14.4 Å². The lowest BCUT2D eigenvalue weighted by Crippen LogP contribution is -2.50. The van der Waals surface area contributed by atoms with Crippen molar-refractivity contribution in [2.45, 2.75) is 33.2 Å². The second-order valence-electron chi connectivity index (χ2n) is 6.74. The summed E-state index contributed by atoms with van der Waals surface area (Å²) in [4.78, 5) is 35.8. The van der Waals surface area contributed by atoms with Crippen molar-refractivity contribution in [3.63, 3.8) is 0 Å². The lowest BCUT2D eigenvalue weighted by atomic mass is 10.0. The number of nitrogens with one attached hydrogen (secondary N) is 2. The van der Waals surface area contributed by atoms with Crippen LogP contribution < -0.4 is 20.1 Å². The molecule has 2 atom stereocenters. The summed E-state index contributed by atoms with van der Waals surface area (Å²) >= 11 is 0. The number of benzene rings is 1. The molecule has 3 N–H and O–H groups in total. The molecule has 0 saturated heterocycles. The van der Waals surface area contributed by atoms with Gasteiger partial charge in [-0.1, -0.05) is 20.8 Å². The van der Waals surface area contributed by atoms with Gasteiger partial charge >= 0.3 is 5.97 Å². The summed E-state index contributed by atoms with van der Waals surface area (Å²) in [5.41, 5.74) is 0.309. The Morgan fingerprint density at radius 1 is 1.04 bits per heavy atom. The summed E-state index contributed by atoms with van der Waals surface area (Å²) in [6.45, 7) is 5.59. The van der Waals surface area contributed by atoms with Crippen molar-refractivity contribution in [3.05, 3.63) is 23.8 Å². The molecule has 8 heteroatoms. The van der Waals surface area contributed by atoms with Crippen LogP contribution in [0.4, 0.5) is 0 Å². The van der Waals surface area contributed by atoms with Gasteiger partial charge in [-0.15, -0.1) is 0 Å². The largest absolute Gasteiger partial charge is 0.497 e. The first kappa shape index (κ1) is 22.3. The van der Waals surface area contributed by atoms with Crippen molar-refractivity contribution >= 4 is 17.8 Å². The first-order valence-corrected chi connectivity index (χ1v) is 8.71. The fourth-order valence-electron chi connectivity index (χ4n) is 2.45. The minimum Gasteiger partial charge on any atom is -0.497 e. The molecule has 1 aromatic carbocycles. The normalized spacial score (nSPS) is 12.8. The average molecular weight is 380 g/mol. The van der Waals surface area contributed by atoms with Crippen LogP contribution in [0, 0.1) is 11.8 Å². The molecule has 8 nitrogen and oxygen atoms in total. The maximum absolute atomic E-state index is 12.6. The van der Waals surface area contributed by atoms with E-state index in [9.17, 15) is 14.4 Å². The van der Waals surface area contributed by atoms with E-state index >= 15 is 0 Å². The summed E-state index contributed by atoms with van der Waals surface area (Å²) in [5.74, 6) is -1.14. The molecule has 0 bridgehead atoms. The van der Waals surface area contributed by atoms with Gasteiger partial charge in [0.25, 0.3) is 5.91 Å². The molecule has 27 heavy (non-hydrogen) atoms. The molecule has 0 saturated carbocycles. The second kappa shape index (κ2) is 10.4. The van der Waals surface area contributed by atoms with Crippen molar-refractivity contribution < 1.29 is 29.0 Å². The Hall–Kier alpha value is -2.77. The van der Waals surface area contributed by atoms with Crippen molar-refractivity contribution in [1.29, 1.82) is 0 Å². The highest BCUT2D eigenvalue weighted by Gasteiger charge is 2.25. The number of carboxylic acid groups (broad SMARTS) is 1. The molecule has 150 valence electrons. The Kier molecular flexibility index (Phi) is 8.58. The number of carboxylic acids is 1. The lowest BCUT2D eigenvalue weighted by molar-refractivity contribution is -0.138. The number of ether oxygens (including phenoxy) is 2. The van der Waals surface area contributed by atoms with Gasteiger partial charge in [0.2, 0.25) is 5.91 Å². The molecule has 0 aliphatic carbocycles. The molecular formula is C19H28N2O6. The van der Waals surface area contributed by atoms with Crippen molar-refractivity contribution in [1.82, 2.24) is 10.6 Å². The number of methoxy groups -OCH3 is 2. The van der Waals surface area contributed by atoms with Crippen LogP contribution >= 0.6 is 0 Å². The smallest absolute Gasteiger partial charge is 0.303 e. The van der Waals surface area contributed by atoms with Gasteiger partial charge in [0.1, 0.15) is 17.5 Å². The van der Waals surface area contributed by atoms with Gasteiger partial charge < -0.3 is 25.2 Å². The molecule has 0 spiro atoms. The minimum absolute atomic E-state index is 0.0391. The van der Waals surface area contributed by atoms with Gasteiger partial charge in [-0.05, 0) is 24.0 Å². The third-order valence-electron chi connectivity index (χ3n) is 4.00. The number of amides is 2. The predicted molar refractivity (Wildman–Crippen MR) is 100 cm³/mol. The van der Waals surface area contributed by atoms with E-state index in [4.69, 9.17) is 14.6 Å². The van der Waals surface area contributed by atoms with Crippen LogP contribution in [-0.2, 0) is 9.59 Å². The van der Waals surface area contributed by atoms with Crippen LogP contribution in [0.15, 0.2) is 18.2 Å². The fraction of sp³-hybridized carbons (Fsp3) is 0.526. The fourth-order valence-corrected chi connectivity index (χ4v) is 2.45. The topological polar surface area (TPSA) is 114 Å². The zero-order chi connectivity index (χ0) is 20.6. The van der Waals surface area contributed by atoms with Gasteiger partial charge in [0, 0.05) is 24.6 Å². The molecule has 1 aromatic rings. The first-order chi connectivity index (χ1) is 12.7.